The monoisotopic (exact) mass is 547 g/mol. The number of hydrogen-bond acceptors (Lipinski definition) is 6. The van der Waals surface area contributed by atoms with Crippen LogP contribution < -0.4 is 5.32 Å². The molecular weight excluding hydrogens is 515 g/mol. The number of aromatic nitrogens is 3. The van der Waals surface area contributed by atoms with Gasteiger partial charge in [0.1, 0.15) is 11.6 Å². The third-order valence-electron chi connectivity index (χ3n) is 7.50. The predicted molar refractivity (Wildman–Crippen MR) is 150 cm³/mol. The molecule has 9 heteroatoms. The van der Waals surface area contributed by atoms with Crippen LogP contribution in [0.25, 0.3) is 22.2 Å². The molecule has 1 saturated heterocycles. The lowest BCUT2D eigenvalue weighted by Crippen LogP contribution is -2.46. The molecule has 6 nitrogen and oxygen atoms in total. The first-order valence-electron chi connectivity index (χ1n) is 13.8. The van der Waals surface area contributed by atoms with E-state index >= 15 is 0 Å². The number of alkyl halides is 3. The Hall–Kier alpha value is -3.56. The zero-order valence-corrected chi connectivity index (χ0v) is 22.6. The van der Waals surface area contributed by atoms with Crippen LogP contribution in [0.4, 0.5) is 24.7 Å². The van der Waals surface area contributed by atoms with E-state index in [4.69, 9.17) is 14.7 Å². The van der Waals surface area contributed by atoms with Gasteiger partial charge in [-0.25, -0.2) is 9.97 Å². The number of ether oxygens (including phenoxy) is 1. The van der Waals surface area contributed by atoms with E-state index < -0.39 is 11.7 Å². The number of halogens is 3. The third-order valence-corrected chi connectivity index (χ3v) is 7.50. The fraction of sp³-hybridized carbons (Fsp3) is 0.387. The zero-order chi connectivity index (χ0) is 27.9. The van der Waals surface area contributed by atoms with Crippen LogP contribution >= 0.6 is 0 Å². The minimum atomic E-state index is -4.51. The normalized spacial score (nSPS) is 20.1. The fourth-order valence-corrected chi connectivity index (χ4v) is 5.51. The van der Waals surface area contributed by atoms with Crippen molar-refractivity contribution in [2.75, 3.05) is 25.0 Å². The molecule has 0 radical (unpaired) electrons. The van der Waals surface area contributed by atoms with Crippen LogP contribution in [-0.2, 0) is 17.3 Å². The van der Waals surface area contributed by atoms with Crippen molar-refractivity contribution >= 4 is 22.4 Å². The Morgan fingerprint density at radius 1 is 0.975 bits per heavy atom. The maximum atomic E-state index is 13.7. The number of anilines is 2. The Kier molecular flexibility index (Phi) is 7.18. The molecule has 1 N–H and O–H groups in total. The molecule has 2 aromatic carbocycles. The van der Waals surface area contributed by atoms with Crippen LogP contribution in [-0.4, -0.2) is 51.7 Å². The molecular formula is C31H32F3N5O. The lowest BCUT2D eigenvalue weighted by molar-refractivity contribution is -0.137. The van der Waals surface area contributed by atoms with Gasteiger partial charge in [-0.15, -0.1) is 0 Å². The predicted octanol–water partition coefficient (Wildman–Crippen LogP) is 6.98. The molecule has 2 fully saturated rings. The van der Waals surface area contributed by atoms with Crippen LogP contribution in [0.1, 0.15) is 49.6 Å². The summed E-state index contributed by atoms with van der Waals surface area (Å²) in [7, 11) is 0. The highest BCUT2D eigenvalue weighted by atomic mass is 19.4. The molecule has 0 bridgehead atoms. The van der Waals surface area contributed by atoms with Crippen LogP contribution in [0.15, 0.2) is 60.8 Å². The van der Waals surface area contributed by atoms with Gasteiger partial charge in [0.25, 0.3) is 0 Å². The quantitative estimate of drug-likeness (QED) is 0.269. The van der Waals surface area contributed by atoms with Crippen molar-refractivity contribution in [2.24, 2.45) is 0 Å². The molecule has 2 aromatic heterocycles. The first-order valence-corrected chi connectivity index (χ1v) is 13.8. The maximum Gasteiger partial charge on any atom is 0.418 e. The number of nitrogens with one attached hydrogen (secondary N) is 1. The Morgan fingerprint density at radius 2 is 1.73 bits per heavy atom. The van der Waals surface area contributed by atoms with E-state index in [-0.39, 0.29) is 17.9 Å². The number of benzene rings is 2. The van der Waals surface area contributed by atoms with Crippen molar-refractivity contribution in [3.63, 3.8) is 0 Å². The summed E-state index contributed by atoms with van der Waals surface area (Å²) in [6.07, 6.45) is 0.252. The van der Waals surface area contributed by atoms with Gasteiger partial charge in [-0.2, -0.15) is 13.2 Å². The molecule has 0 spiro atoms. The summed E-state index contributed by atoms with van der Waals surface area (Å²) < 4.78 is 47.1. The lowest BCUT2D eigenvalue weighted by atomic mass is 10.0. The minimum Gasteiger partial charge on any atom is -0.373 e. The smallest absolute Gasteiger partial charge is 0.373 e. The zero-order valence-electron chi connectivity index (χ0n) is 22.6. The molecule has 3 heterocycles. The summed E-state index contributed by atoms with van der Waals surface area (Å²) in [4.78, 5) is 16.1. The molecule has 6 rings (SSSR count). The summed E-state index contributed by atoms with van der Waals surface area (Å²) in [6, 6.07) is 15.9. The van der Waals surface area contributed by atoms with E-state index in [9.17, 15) is 13.2 Å². The van der Waals surface area contributed by atoms with Crippen molar-refractivity contribution in [2.45, 2.75) is 57.4 Å². The highest BCUT2D eigenvalue weighted by molar-refractivity contribution is 5.93. The van der Waals surface area contributed by atoms with E-state index in [0.717, 1.165) is 36.8 Å². The van der Waals surface area contributed by atoms with Crippen LogP contribution in [0.2, 0.25) is 0 Å². The number of nitrogens with zero attached hydrogens (tertiary/aromatic N) is 4. The summed E-state index contributed by atoms with van der Waals surface area (Å²) in [6.45, 7) is 6.57. The van der Waals surface area contributed by atoms with Crippen molar-refractivity contribution in [1.29, 1.82) is 0 Å². The van der Waals surface area contributed by atoms with E-state index in [1.54, 1.807) is 18.2 Å². The minimum absolute atomic E-state index is 0.112. The number of hydrogen-bond donors (Lipinski definition) is 1. The van der Waals surface area contributed by atoms with Crippen molar-refractivity contribution in [3.05, 3.63) is 77.7 Å². The summed E-state index contributed by atoms with van der Waals surface area (Å²) in [5, 5.41) is 4.17. The van der Waals surface area contributed by atoms with Crippen molar-refractivity contribution in [1.82, 2.24) is 19.9 Å². The lowest BCUT2D eigenvalue weighted by Gasteiger charge is -2.35. The second kappa shape index (κ2) is 10.8. The molecule has 2 atom stereocenters. The first kappa shape index (κ1) is 26.7. The first-order chi connectivity index (χ1) is 19.2. The van der Waals surface area contributed by atoms with Crippen molar-refractivity contribution in [3.8, 4) is 11.3 Å². The Bertz CT molecular complexity index is 1490. The van der Waals surface area contributed by atoms with Gasteiger partial charge in [-0.05, 0) is 74.6 Å². The molecule has 0 amide bonds. The van der Waals surface area contributed by atoms with Crippen LogP contribution in [0.5, 0.6) is 0 Å². The van der Waals surface area contributed by atoms with E-state index in [0.29, 0.717) is 35.1 Å². The summed E-state index contributed by atoms with van der Waals surface area (Å²) in [5.74, 6) is 1.93. The van der Waals surface area contributed by atoms with Crippen LogP contribution in [0, 0.1) is 0 Å². The Balaban J connectivity index is 1.35. The van der Waals surface area contributed by atoms with Gasteiger partial charge in [0.15, 0.2) is 0 Å². The summed E-state index contributed by atoms with van der Waals surface area (Å²) in [5.41, 5.74) is 2.29. The standard InChI is InChI=1S/C31H32F3N5O/c1-19-17-39(18-20(2)40-19)15-13-28-37-27-16-23(29-26(31(32,33)34)4-3-14-35-29)9-12-25(27)30(38-28)36-24-10-7-22(8-11-24)21-5-6-21/h3-4,7-12,14,16,19-21H,5-6,13,15,17-18H2,1-2H3,(H,36,37,38). The van der Waals surface area contributed by atoms with Gasteiger partial charge in [0.05, 0.1) is 29.0 Å². The third kappa shape index (κ3) is 5.95. The van der Waals surface area contributed by atoms with Gasteiger partial charge in [-0.1, -0.05) is 18.2 Å². The van der Waals surface area contributed by atoms with E-state index in [2.05, 4.69) is 53.3 Å². The highest BCUT2D eigenvalue weighted by Crippen LogP contribution is 2.40. The molecule has 40 heavy (non-hydrogen) atoms. The SMILES string of the molecule is CC1CN(CCc2nc(Nc3ccc(C4CC4)cc3)c3ccc(-c4ncccc4C(F)(F)F)cc3n2)CC(C)O1. The van der Waals surface area contributed by atoms with E-state index in [1.165, 1.54) is 30.7 Å². The fourth-order valence-electron chi connectivity index (χ4n) is 5.51. The topological polar surface area (TPSA) is 63.2 Å². The summed E-state index contributed by atoms with van der Waals surface area (Å²) >= 11 is 0. The van der Waals surface area contributed by atoms with Crippen LogP contribution in [0.3, 0.4) is 0 Å². The molecule has 2 unspecified atom stereocenters. The number of morpholine rings is 1. The van der Waals surface area contributed by atoms with Gasteiger partial charge < -0.3 is 10.1 Å². The second-order valence-electron chi connectivity index (χ2n) is 10.9. The van der Waals surface area contributed by atoms with Crippen molar-refractivity contribution < 1.29 is 17.9 Å². The number of fused-ring (bicyclic) bond motifs is 1. The molecule has 208 valence electrons. The number of pyridine rings is 1. The largest absolute Gasteiger partial charge is 0.418 e. The number of rotatable bonds is 7. The van der Waals surface area contributed by atoms with Gasteiger partial charge in [0.2, 0.25) is 0 Å². The molecule has 1 saturated carbocycles. The Labute approximate surface area is 231 Å². The second-order valence-corrected chi connectivity index (χ2v) is 10.9. The molecule has 1 aliphatic carbocycles. The maximum absolute atomic E-state index is 13.7. The Morgan fingerprint density at radius 3 is 2.42 bits per heavy atom. The van der Waals surface area contributed by atoms with E-state index in [1.807, 2.05) is 0 Å². The van der Waals surface area contributed by atoms with Gasteiger partial charge >= 0.3 is 6.18 Å². The van der Waals surface area contributed by atoms with Gasteiger partial charge in [-0.3, -0.25) is 9.88 Å². The molecule has 1 aliphatic heterocycles. The average Bonchev–Trinajstić information content (AvgIpc) is 3.77. The highest BCUT2D eigenvalue weighted by Gasteiger charge is 2.34. The average molecular weight is 548 g/mol. The van der Waals surface area contributed by atoms with Gasteiger partial charge in [0, 0.05) is 48.9 Å². The molecule has 2 aliphatic rings. The molecule has 4 aromatic rings.